The van der Waals surface area contributed by atoms with Crippen LogP contribution >= 0.6 is 11.8 Å². The Bertz CT molecular complexity index is 730. The van der Waals surface area contributed by atoms with Crippen molar-refractivity contribution in [2.45, 2.75) is 37.6 Å². The Morgan fingerprint density at radius 1 is 1.39 bits per heavy atom. The van der Waals surface area contributed by atoms with Crippen molar-refractivity contribution in [3.8, 4) is 0 Å². The van der Waals surface area contributed by atoms with Gasteiger partial charge in [0.25, 0.3) is 0 Å². The molecule has 5 nitrogen and oxygen atoms in total. The van der Waals surface area contributed by atoms with Crippen molar-refractivity contribution in [3.63, 3.8) is 0 Å². The molecule has 0 radical (unpaired) electrons. The highest BCUT2D eigenvalue weighted by Crippen LogP contribution is 2.35. The fourth-order valence-corrected chi connectivity index (χ4v) is 4.58. The van der Waals surface area contributed by atoms with Crippen LogP contribution < -0.4 is 10.6 Å². The average Bonchev–Trinajstić information content (AvgIpc) is 3.28. The minimum absolute atomic E-state index is 0.0429. The first-order valence-electron chi connectivity index (χ1n) is 8.31. The maximum absolute atomic E-state index is 12.2. The van der Waals surface area contributed by atoms with Crippen LogP contribution in [0, 0.1) is 0 Å². The number of amides is 1. The van der Waals surface area contributed by atoms with Crippen LogP contribution in [0.15, 0.2) is 18.2 Å². The van der Waals surface area contributed by atoms with Gasteiger partial charge in [-0.2, -0.15) is 0 Å². The van der Waals surface area contributed by atoms with Crippen LogP contribution in [-0.2, 0) is 11.8 Å². The molecule has 4 rings (SSSR count). The Hall–Kier alpha value is -1.53. The summed E-state index contributed by atoms with van der Waals surface area (Å²) in [7, 11) is 2.10. The van der Waals surface area contributed by atoms with E-state index in [0.717, 1.165) is 28.4 Å². The highest BCUT2D eigenvalue weighted by molar-refractivity contribution is 7.99. The zero-order valence-corrected chi connectivity index (χ0v) is 14.2. The van der Waals surface area contributed by atoms with Gasteiger partial charge >= 0.3 is 0 Å². The fraction of sp³-hybridized carbons (Fsp3) is 0.529. The van der Waals surface area contributed by atoms with Crippen LogP contribution in [0.25, 0.3) is 11.0 Å². The lowest BCUT2D eigenvalue weighted by Gasteiger charge is -2.10. The number of nitrogens with one attached hydrogen (secondary N) is 2. The van der Waals surface area contributed by atoms with Crippen LogP contribution in [0.4, 0.5) is 5.69 Å². The summed E-state index contributed by atoms with van der Waals surface area (Å²) in [5.41, 5.74) is 2.94. The molecule has 23 heavy (non-hydrogen) atoms. The number of hydrogen-bond donors (Lipinski definition) is 2. The first-order chi connectivity index (χ1) is 11.2. The molecule has 1 aliphatic heterocycles. The van der Waals surface area contributed by atoms with Gasteiger partial charge in [-0.05, 0) is 31.0 Å². The lowest BCUT2D eigenvalue weighted by Crippen LogP contribution is -2.37. The van der Waals surface area contributed by atoms with Crippen molar-refractivity contribution in [2.24, 2.45) is 7.05 Å². The van der Waals surface area contributed by atoms with E-state index < -0.39 is 0 Å². The molecular formula is C17H22N4OS. The number of carbonyl (C=O) groups is 1. The van der Waals surface area contributed by atoms with Crippen LogP contribution in [0.5, 0.6) is 0 Å². The topological polar surface area (TPSA) is 59.0 Å². The maximum Gasteiger partial charge on any atom is 0.242 e. The highest BCUT2D eigenvalue weighted by atomic mass is 32.2. The van der Waals surface area contributed by atoms with Gasteiger partial charge in [0.15, 0.2) is 0 Å². The molecule has 2 heterocycles. The van der Waals surface area contributed by atoms with Gasteiger partial charge in [-0.15, -0.1) is 11.8 Å². The number of nitrogens with zero attached hydrogens (tertiary/aromatic N) is 2. The first kappa shape index (κ1) is 15.0. The molecule has 1 amide bonds. The Balaban J connectivity index is 1.58. The van der Waals surface area contributed by atoms with Gasteiger partial charge in [0.2, 0.25) is 5.91 Å². The number of hydrogen-bond acceptors (Lipinski definition) is 4. The second-order valence-corrected chi connectivity index (χ2v) is 7.51. The second kappa shape index (κ2) is 6.17. The minimum Gasteiger partial charge on any atom is -0.331 e. The maximum atomic E-state index is 12.2. The van der Waals surface area contributed by atoms with E-state index in [-0.39, 0.29) is 11.9 Å². The Morgan fingerprint density at radius 3 is 2.96 bits per heavy atom. The molecule has 1 aliphatic carbocycles. The van der Waals surface area contributed by atoms with Crippen LogP contribution in [0.3, 0.4) is 0 Å². The number of fused-ring (bicyclic) bond motifs is 1. The summed E-state index contributed by atoms with van der Waals surface area (Å²) < 4.78 is 2.21. The Kier molecular flexibility index (Phi) is 4.03. The summed E-state index contributed by atoms with van der Waals surface area (Å²) >= 11 is 1.76. The average molecular weight is 330 g/mol. The third kappa shape index (κ3) is 2.85. The van der Waals surface area contributed by atoms with Gasteiger partial charge in [-0.3, -0.25) is 10.1 Å². The fourth-order valence-electron chi connectivity index (χ4n) is 3.64. The predicted octanol–water partition coefficient (Wildman–Crippen LogP) is 2.83. The predicted molar refractivity (Wildman–Crippen MR) is 94.8 cm³/mol. The molecule has 1 saturated carbocycles. The number of carbonyl (C=O) groups excluding carboxylic acids is 1. The van der Waals surface area contributed by atoms with Gasteiger partial charge in [-0.25, -0.2) is 4.98 Å². The summed E-state index contributed by atoms with van der Waals surface area (Å²) in [6, 6.07) is 5.94. The van der Waals surface area contributed by atoms with Gasteiger partial charge in [-0.1, -0.05) is 12.8 Å². The number of benzene rings is 1. The Labute approximate surface area is 140 Å². The van der Waals surface area contributed by atoms with Crippen molar-refractivity contribution < 1.29 is 4.79 Å². The van der Waals surface area contributed by atoms with E-state index in [4.69, 9.17) is 4.98 Å². The molecule has 0 bridgehead atoms. The van der Waals surface area contributed by atoms with Crippen molar-refractivity contribution in [2.75, 3.05) is 16.9 Å². The number of imidazole rings is 1. The van der Waals surface area contributed by atoms with Crippen molar-refractivity contribution >= 4 is 34.4 Å². The van der Waals surface area contributed by atoms with E-state index >= 15 is 0 Å². The molecule has 2 N–H and O–H groups in total. The molecule has 2 aromatic rings. The third-order valence-corrected chi connectivity index (χ3v) is 5.88. The SMILES string of the molecule is Cn1c(C2CCCC2)nc2cc(NC(=O)C3CSCN3)ccc21. The smallest absolute Gasteiger partial charge is 0.242 e. The van der Waals surface area contributed by atoms with Gasteiger partial charge < -0.3 is 9.88 Å². The zero-order chi connectivity index (χ0) is 15.8. The van der Waals surface area contributed by atoms with E-state index in [1.807, 2.05) is 12.1 Å². The molecule has 122 valence electrons. The minimum atomic E-state index is -0.0894. The molecule has 0 spiro atoms. The molecule has 6 heteroatoms. The summed E-state index contributed by atoms with van der Waals surface area (Å²) in [4.78, 5) is 17.1. The highest BCUT2D eigenvalue weighted by Gasteiger charge is 2.24. The number of rotatable bonds is 3. The van der Waals surface area contributed by atoms with Gasteiger partial charge in [0.05, 0.1) is 17.1 Å². The number of anilines is 1. The molecule has 1 unspecified atom stereocenters. The van der Waals surface area contributed by atoms with Crippen molar-refractivity contribution in [1.82, 2.24) is 14.9 Å². The number of thioether (sulfide) groups is 1. The molecular weight excluding hydrogens is 308 g/mol. The van der Waals surface area contributed by atoms with E-state index in [1.165, 1.54) is 31.5 Å². The summed E-state index contributed by atoms with van der Waals surface area (Å²) in [5.74, 6) is 3.51. The number of aromatic nitrogens is 2. The quantitative estimate of drug-likeness (QED) is 0.908. The summed E-state index contributed by atoms with van der Waals surface area (Å²) in [6.07, 6.45) is 5.10. The largest absolute Gasteiger partial charge is 0.331 e. The van der Waals surface area contributed by atoms with Gasteiger partial charge in [0, 0.05) is 30.3 Å². The Morgan fingerprint density at radius 2 is 2.22 bits per heavy atom. The van der Waals surface area contributed by atoms with Gasteiger partial charge in [0.1, 0.15) is 5.82 Å². The van der Waals surface area contributed by atoms with E-state index in [2.05, 4.69) is 28.3 Å². The summed E-state index contributed by atoms with van der Waals surface area (Å²) in [5, 5.41) is 6.21. The molecule has 1 aromatic heterocycles. The lowest BCUT2D eigenvalue weighted by atomic mass is 10.1. The zero-order valence-electron chi connectivity index (χ0n) is 13.3. The summed E-state index contributed by atoms with van der Waals surface area (Å²) in [6.45, 7) is 0. The number of aryl methyl sites for hydroxylation is 1. The van der Waals surface area contributed by atoms with Crippen LogP contribution in [-0.4, -0.2) is 33.1 Å². The first-order valence-corrected chi connectivity index (χ1v) is 9.46. The molecule has 1 saturated heterocycles. The second-order valence-electron chi connectivity index (χ2n) is 6.47. The molecule has 2 aliphatic rings. The van der Waals surface area contributed by atoms with Crippen molar-refractivity contribution in [1.29, 1.82) is 0 Å². The molecule has 1 aromatic carbocycles. The third-order valence-electron chi connectivity index (χ3n) is 4.94. The van der Waals surface area contributed by atoms with Crippen LogP contribution in [0.1, 0.15) is 37.4 Å². The van der Waals surface area contributed by atoms with Crippen LogP contribution in [0.2, 0.25) is 0 Å². The van der Waals surface area contributed by atoms with E-state index in [9.17, 15) is 4.79 Å². The molecule has 1 atom stereocenters. The van der Waals surface area contributed by atoms with E-state index in [1.54, 1.807) is 11.8 Å². The van der Waals surface area contributed by atoms with Crippen molar-refractivity contribution in [3.05, 3.63) is 24.0 Å². The van der Waals surface area contributed by atoms with E-state index in [0.29, 0.717) is 5.92 Å². The standard InChI is InChI=1S/C17H22N4OS/c1-21-15-7-6-12(19-17(22)14-9-23-10-18-14)8-13(15)20-16(21)11-4-2-3-5-11/h6-8,11,14,18H,2-5,9-10H2,1H3,(H,19,22). The molecule has 2 fully saturated rings. The normalized spacial score (nSPS) is 22.0. The monoisotopic (exact) mass is 330 g/mol. The lowest BCUT2D eigenvalue weighted by molar-refractivity contribution is -0.117.